The van der Waals surface area contributed by atoms with E-state index in [1.165, 1.54) is 0 Å². The minimum Gasteiger partial charge on any atom is -0.386 e. The first-order chi connectivity index (χ1) is 10.1. The molecule has 1 atom stereocenters. The summed E-state index contributed by atoms with van der Waals surface area (Å²) in [5.74, 6) is 1.58. The zero-order valence-corrected chi connectivity index (χ0v) is 12.9. The van der Waals surface area contributed by atoms with E-state index < -0.39 is 5.60 Å². The van der Waals surface area contributed by atoms with Crippen LogP contribution in [0.25, 0.3) is 0 Å². The predicted octanol–water partition coefficient (Wildman–Crippen LogP) is 0.323. The number of hydrogen-bond donors (Lipinski definition) is 3. The first kappa shape index (κ1) is 15.7. The monoisotopic (exact) mass is 296 g/mol. The van der Waals surface area contributed by atoms with Gasteiger partial charge < -0.3 is 25.4 Å². The zero-order valence-electron chi connectivity index (χ0n) is 12.9. The molecule has 1 aromatic heterocycles. The maximum Gasteiger partial charge on any atom is 0.231 e. The zero-order chi connectivity index (χ0) is 15.3. The lowest BCUT2D eigenvalue weighted by atomic mass is 10.0. The molecule has 0 saturated carbocycles. The second-order valence-corrected chi connectivity index (χ2v) is 5.09. The van der Waals surface area contributed by atoms with Gasteiger partial charge in [-0.1, -0.05) is 0 Å². The molecular formula is C13H24N6O2. The summed E-state index contributed by atoms with van der Waals surface area (Å²) in [6.45, 7) is 7.03. The van der Waals surface area contributed by atoms with Gasteiger partial charge in [0, 0.05) is 39.7 Å². The van der Waals surface area contributed by atoms with Crippen molar-refractivity contribution in [2.75, 3.05) is 55.4 Å². The highest BCUT2D eigenvalue weighted by atomic mass is 16.5. The molecule has 0 radical (unpaired) electrons. The van der Waals surface area contributed by atoms with Crippen molar-refractivity contribution in [2.24, 2.45) is 0 Å². The second-order valence-electron chi connectivity index (χ2n) is 5.09. The molecule has 0 aromatic carbocycles. The van der Waals surface area contributed by atoms with Crippen LogP contribution in [0.3, 0.4) is 0 Å². The summed E-state index contributed by atoms with van der Waals surface area (Å²) in [5.41, 5.74) is -0.845. The van der Waals surface area contributed by atoms with Crippen LogP contribution in [0.4, 0.5) is 17.8 Å². The highest BCUT2D eigenvalue weighted by Crippen LogP contribution is 2.19. The molecule has 1 aromatic rings. The highest BCUT2D eigenvalue weighted by molar-refractivity contribution is 5.43. The fourth-order valence-corrected chi connectivity index (χ4v) is 2.18. The molecule has 2 rings (SSSR count). The second kappa shape index (κ2) is 6.86. The van der Waals surface area contributed by atoms with Crippen LogP contribution in [0.15, 0.2) is 0 Å². The van der Waals surface area contributed by atoms with Gasteiger partial charge in [0.15, 0.2) is 0 Å². The number of ether oxygens (including phenoxy) is 1. The lowest BCUT2D eigenvalue weighted by molar-refractivity contribution is 0.0380. The predicted molar refractivity (Wildman–Crippen MR) is 81.8 cm³/mol. The van der Waals surface area contributed by atoms with Crippen molar-refractivity contribution in [2.45, 2.75) is 25.9 Å². The Morgan fingerprint density at radius 2 is 1.95 bits per heavy atom. The van der Waals surface area contributed by atoms with E-state index in [-0.39, 0.29) is 0 Å². The van der Waals surface area contributed by atoms with Gasteiger partial charge in [-0.3, -0.25) is 0 Å². The van der Waals surface area contributed by atoms with Crippen molar-refractivity contribution >= 4 is 17.8 Å². The lowest BCUT2D eigenvalue weighted by Crippen LogP contribution is -2.37. The molecule has 0 spiro atoms. The number of hydrogen-bond acceptors (Lipinski definition) is 8. The number of aliphatic hydroxyl groups is 1. The van der Waals surface area contributed by atoms with Gasteiger partial charge in [-0.25, -0.2) is 0 Å². The molecule has 0 aliphatic carbocycles. The molecule has 3 N–H and O–H groups in total. The topological polar surface area (TPSA) is 95.4 Å². The minimum atomic E-state index is -0.845. The molecule has 1 unspecified atom stereocenters. The molecule has 118 valence electrons. The van der Waals surface area contributed by atoms with E-state index in [4.69, 9.17) is 4.74 Å². The van der Waals surface area contributed by atoms with E-state index in [0.717, 1.165) is 13.1 Å². The summed E-state index contributed by atoms with van der Waals surface area (Å²) in [5, 5.41) is 16.3. The van der Waals surface area contributed by atoms with Crippen molar-refractivity contribution in [3.8, 4) is 0 Å². The molecule has 1 saturated heterocycles. The van der Waals surface area contributed by atoms with Crippen LogP contribution in [-0.4, -0.2) is 65.6 Å². The van der Waals surface area contributed by atoms with Crippen LogP contribution in [0.2, 0.25) is 0 Å². The average Bonchev–Trinajstić information content (AvgIpc) is 2.93. The Morgan fingerprint density at radius 1 is 1.24 bits per heavy atom. The largest absolute Gasteiger partial charge is 0.386 e. The van der Waals surface area contributed by atoms with Crippen molar-refractivity contribution in [3.63, 3.8) is 0 Å². The number of nitrogens with zero attached hydrogens (tertiary/aromatic N) is 4. The van der Waals surface area contributed by atoms with E-state index >= 15 is 0 Å². The summed E-state index contributed by atoms with van der Waals surface area (Å²) >= 11 is 0. The van der Waals surface area contributed by atoms with Gasteiger partial charge in [0.1, 0.15) is 5.60 Å². The van der Waals surface area contributed by atoms with Gasteiger partial charge >= 0.3 is 0 Å². The molecular weight excluding hydrogens is 272 g/mol. The van der Waals surface area contributed by atoms with E-state index in [0.29, 0.717) is 44.0 Å². The first-order valence-corrected chi connectivity index (χ1v) is 7.33. The van der Waals surface area contributed by atoms with Crippen molar-refractivity contribution in [1.82, 2.24) is 15.0 Å². The van der Waals surface area contributed by atoms with Gasteiger partial charge in [-0.2, -0.15) is 15.0 Å². The molecule has 0 bridgehead atoms. The minimum absolute atomic E-state index is 0.340. The third-order valence-corrected chi connectivity index (χ3v) is 3.55. The number of aromatic nitrogens is 3. The van der Waals surface area contributed by atoms with Gasteiger partial charge in [-0.05, 0) is 13.8 Å². The molecule has 1 aliphatic heterocycles. The summed E-state index contributed by atoms with van der Waals surface area (Å²) in [6, 6.07) is 0. The van der Waals surface area contributed by atoms with Crippen LogP contribution < -0.4 is 15.5 Å². The van der Waals surface area contributed by atoms with E-state index in [1.807, 2.05) is 4.90 Å². The summed E-state index contributed by atoms with van der Waals surface area (Å²) in [7, 11) is 1.77. The van der Waals surface area contributed by atoms with Gasteiger partial charge in [0.05, 0.1) is 6.61 Å². The third-order valence-electron chi connectivity index (χ3n) is 3.55. The van der Waals surface area contributed by atoms with Crippen LogP contribution in [0, 0.1) is 0 Å². The van der Waals surface area contributed by atoms with Crippen LogP contribution in [0.1, 0.15) is 20.3 Å². The van der Waals surface area contributed by atoms with Crippen LogP contribution >= 0.6 is 0 Å². The smallest absolute Gasteiger partial charge is 0.231 e. The molecule has 1 fully saturated rings. The summed E-state index contributed by atoms with van der Waals surface area (Å²) < 4.78 is 5.23. The van der Waals surface area contributed by atoms with Gasteiger partial charge in [-0.15, -0.1) is 0 Å². The standard InChI is InChI=1S/C13H24N6O2/c1-4-19(5-2)12-17-10(14-3)16-11(18-12)15-8-13(20)6-7-21-9-13/h20H,4-9H2,1-3H3,(H2,14,15,16,17,18). The number of nitrogens with one attached hydrogen (secondary N) is 2. The average molecular weight is 296 g/mol. The van der Waals surface area contributed by atoms with Gasteiger partial charge in [0.2, 0.25) is 17.8 Å². The lowest BCUT2D eigenvalue weighted by Gasteiger charge is -2.22. The first-order valence-electron chi connectivity index (χ1n) is 7.33. The fourth-order valence-electron chi connectivity index (χ4n) is 2.18. The normalized spacial score (nSPS) is 21.3. The summed E-state index contributed by atoms with van der Waals surface area (Å²) in [4.78, 5) is 15.1. The Morgan fingerprint density at radius 3 is 2.52 bits per heavy atom. The molecule has 21 heavy (non-hydrogen) atoms. The Bertz CT molecular complexity index is 460. The molecule has 2 heterocycles. The van der Waals surface area contributed by atoms with E-state index in [1.54, 1.807) is 7.05 Å². The van der Waals surface area contributed by atoms with Crippen LogP contribution in [-0.2, 0) is 4.74 Å². The SMILES string of the molecule is CCN(CC)c1nc(NC)nc(NCC2(O)CCOC2)n1. The number of rotatable bonds is 7. The maximum atomic E-state index is 10.3. The van der Waals surface area contributed by atoms with E-state index in [2.05, 4.69) is 39.4 Å². The van der Waals surface area contributed by atoms with Crippen molar-refractivity contribution < 1.29 is 9.84 Å². The Balaban J connectivity index is 2.12. The van der Waals surface area contributed by atoms with E-state index in [9.17, 15) is 5.11 Å². The molecule has 1 aliphatic rings. The maximum absolute atomic E-state index is 10.3. The molecule has 8 heteroatoms. The Hall–Kier alpha value is -1.67. The van der Waals surface area contributed by atoms with Gasteiger partial charge in [0.25, 0.3) is 0 Å². The van der Waals surface area contributed by atoms with Crippen molar-refractivity contribution in [1.29, 1.82) is 0 Å². The molecule has 8 nitrogen and oxygen atoms in total. The summed E-state index contributed by atoms with van der Waals surface area (Å²) in [6.07, 6.45) is 0.618. The molecule has 0 amide bonds. The Kier molecular flexibility index (Phi) is 5.13. The highest BCUT2D eigenvalue weighted by Gasteiger charge is 2.32. The quantitative estimate of drug-likeness (QED) is 0.662. The third kappa shape index (κ3) is 3.92. The number of anilines is 3. The Labute approximate surface area is 125 Å². The fraction of sp³-hybridized carbons (Fsp3) is 0.769. The van der Waals surface area contributed by atoms with Crippen molar-refractivity contribution in [3.05, 3.63) is 0 Å². The van der Waals surface area contributed by atoms with Crippen LogP contribution in [0.5, 0.6) is 0 Å².